The third-order valence-electron chi connectivity index (χ3n) is 7.68. The zero-order chi connectivity index (χ0) is 21.2. The number of unbranched alkanes of at least 4 members (excludes halogenated alkanes) is 1. The minimum absolute atomic E-state index is 0.213. The van der Waals surface area contributed by atoms with Crippen LogP contribution in [-0.4, -0.2) is 50.1 Å². The van der Waals surface area contributed by atoms with Crippen molar-refractivity contribution in [1.29, 1.82) is 0 Å². The Morgan fingerprint density at radius 1 is 0.903 bits per heavy atom. The molecule has 2 aromatic rings. The summed E-state index contributed by atoms with van der Waals surface area (Å²) in [4.78, 5) is 20.6. The second kappa shape index (κ2) is 9.20. The van der Waals surface area contributed by atoms with Crippen LogP contribution < -0.4 is 9.80 Å². The SMILES string of the molecule is CCCCN1CCCN(c2ccc3c4c(cccc24)C(=O)N3CC2CCCCC2)CC1. The molecule has 1 saturated heterocycles. The van der Waals surface area contributed by atoms with E-state index in [-0.39, 0.29) is 5.91 Å². The molecule has 3 aliphatic rings. The van der Waals surface area contributed by atoms with Crippen LogP contribution in [-0.2, 0) is 0 Å². The molecule has 0 aromatic heterocycles. The summed E-state index contributed by atoms with van der Waals surface area (Å²) in [5.74, 6) is 0.867. The summed E-state index contributed by atoms with van der Waals surface area (Å²) in [6.07, 6.45) is 10.3. The van der Waals surface area contributed by atoms with Crippen LogP contribution in [0.5, 0.6) is 0 Å². The van der Waals surface area contributed by atoms with E-state index in [0.29, 0.717) is 5.92 Å². The van der Waals surface area contributed by atoms with Crippen molar-refractivity contribution in [2.75, 3.05) is 49.1 Å². The van der Waals surface area contributed by atoms with E-state index in [9.17, 15) is 4.79 Å². The molecule has 2 aromatic carbocycles. The molecule has 31 heavy (non-hydrogen) atoms. The minimum Gasteiger partial charge on any atom is -0.370 e. The Morgan fingerprint density at radius 2 is 1.74 bits per heavy atom. The van der Waals surface area contributed by atoms with E-state index in [1.165, 1.54) is 80.9 Å². The quantitative estimate of drug-likeness (QED) is 0.601. The number of carbonyl (C=O) groups is 1. The van der Waals surface area contributed by atoms with Gasteiger partial charge in [0.25, 0.3) is 5.91 Å². The molecule has 0 N–H and O–H groups in total. The third-order valence-corrected chi connectivity index (χ3v) is 7.68. The fourth-order valence-electron chi connectivity index (χ4n) is 5.93. The molecule has 1 aliphatic carbocycles. The lowest BCUT2D eigenvalue weighted by molar-refractivity contribution is 0.0987. The van der Waals surface area contributed by atoms with Gasteiger partial charge in [-0.2, -0.15) is 0 Å². The Hall–Kier alpha value is -2.07. The van der Waals surface area contributed by atoms with Crippen molar-refractivity contribution < 1.29 is 4.79 Å². The maximum atomic E-state index is 13.3. The molecule has 0 radical (unpaired) electrons. The van der Waals surface area contributed by atoms with Gasteiger partial charge >= 0.3 is 0 Å². The van der Waals surface area contributed by atoms with Crippen LogP contribution in [0, 0.1) is 5.92 Å². The summed E-state index contributed by atoms with van der Waals surface area (Å²) in [6, 6.07) is 10.9. The van der Waals surface area contributed by atoms with Crippen molar-refractivity contribution in [3.63, 3.8) is 0 Å². The fourth-order valence-corrected chi connectivity index (χ4v) is 5.93. The number of nitrogens with zero attached hydrogens (tertiary/aromatic N) is 3. The van der Waals surface area contributed by atoms with Crippen molar-refractivity contribution in [2.45, 2.75) is 58.3 Å². The number of benzene rings is 2. The average Bonchev–Trinajstić information content (AvgIpc) is 2.96. The van der Waals surface area contributed by atoms with E-state index in [2.05, 4.69) is 45.9 Å². The first-order valence-corrected chi connectivity index (χ1v) is 12.6. The monoisotopic (exact) mass is 419 g/mol. The van der Waals surface area contributed by atoms with E-state index >= 15 is 0 Å². The molecule has 2 aliphatic heterocycles. The van der Waals surface area contributed by atoms with Gasteiger partial charge < -0.3 is 14.7 Å². The van der Waals surface area contributed by atoms with Gasteiger partial charge in [-0.05, 0) is 62.9 Å². The molecule has 1 amide bonds. The summed E-state index contributed by atoms with van der Waals surface area (Å²) < 4.78 is 0. The van der Waals surface area contributed by atoms with Gasteiger partial charge in [0, 0.05) is 48.2 Å². The first kappa shape index (κ1) is 20.8. The molecule has 0 spiro atoms. The third kappa shape index (κ3) is 4.07. The molecule has 5 rings (SSSR count). The molecule has 0 bridgehead atoms. The highest BCUT2D eigenvalue weighted by Gasteiger charge is 2.33. The van der Waals surface area contributed by atoms with E-state index < -0.39 is 0 Å². The number of amides is 1. The van der Waals surface area contributed by atoms with Crippen LogP contribution in [0.15, 0.2) is 30.3 Å². The Kier molecular flexibility index (Phi) is 6.17. The van der Waals surface area contributed by atoms with Gasteiger partial charge in [0.15, 0.2) is 0 Å². The number of hydrogen-bond acceptors (Lipinski definition) is 3. The van der Waals surface area contributed by atoms with Crippen molar-refractivity contribution in [3.05, 3.63) is 35.9 Å². The van der Waals surface area contributed by atoms with Gasteiger partial charge in [0.05, 0.1) is 5.69 Å². The first-order valence-electron chi connectivity index (χ1n) is 12.6. The largest absolute Gasteiger partial charge is 0.370 e. The van der Waals surface area contributed by atoms with E-state index in [4.69, 9.17) is 0 Å². The summed E-state index contributed by atoms with van der Waals surface area (Å²) in [5.41, 5.74) is 3.36. The molecule has 2 fully saturated rings. The lowest BCUT2D eigenvalue weighted by Crippen LogP contribution is -2.33. The average molecular weight is 420 g/mol. The Balaban J connectivity index is 1.42. The van der Waals surface area contributed by atoms with Crippen LogP contribution in [0.25, 0.3) is 10.8 Å². The van der Waals surface area contributed by atoms with E-state index in [0.717, 1.165) is 37.4 Å². The van der Waals surface area contributed by atoms with Gasteiger partial charge in [-0.1, -0.05) is 44.7 Å². The fraction of sp³-hybridized carbons (Fsp3) is 0.593. The zero-order valence-electron chi connectivity index (χ0n) is 19.1. The van der Waals surface area contributed by atoms with E-state index in [1.807, 2.05) is 6.07 Å². The van der Waals surface area contributed by atoms with Crippen molar-refractivity contribution in [2.24, 2.45) is 5.92 Å². The molecule has 0 atom stereocenters. The first-order chi connectivity index (χ1) is 15.3. The molecular weight excluding hydrogens is 382 g/mol. The lowest BCUT2D eigenvalue weighted by Gasteiger charge is -2.28. The maximum Gasteiger partial charge on any atom is 0.259 e. The highest BCUT2D eigenvalue weighted by Crippen LogP contribution is 2.42. The summed E-state index contributed by atoms with van der Waals surface area (Å²) in [7, 11) is 0. The van der Waals surface area contributed by atoms with Gasteiger partial charge in [-0.25, -0.2) is 0 Å². The summed E-state index contributed by atoms with van der Waals surface area (Å²) in [5, 5.41) is 2.45. The topological polar surface area (TPSA) is 26.8 Å². The molecule has 0 unspecified atom stereocenters. The van der Waals surface area contributed by atoms with Gasteiger partial charge in [-0.3, -0.25) is 4.79 Å². The highest BCUT2D eigenvalue weighted by molar-refractivity contribution is 6.26. The van der Waals surface area contributed by atoms with Crippen LogP contribution >= 0.6 is 0 Å². The Labute approximate surface area is 187 Å². The smallest absolute Gasteiger partial charge is 0.259 e. The highest BCUT2D eigenvalue weighted by atomic mass is 16.2. The summed E-state index contributed by atoms with van der Waals surface area (Å²) in [6.45, 7) is 8.89. The second-order valence-electron chi connectivity index (χ2n) is 9.79. The molecular formula is C27H37N3O. The van der Waals surface area contributed by atoms with Crippen molar-refractivity contribution >= 4 is 28.1 Å². The predicted octanol–water partition coefficient (Wildman–Crippen LogP) is 5.69. The van der Waals surface area contributed by atoms with Crippen molar-refractivity contribution in [3.8, 4) is 0 Å². The Morgan fingerprint density at radius 3 is 2.58 bits per heavy atom. The minimum atomic E-state index is 0.213. The molecule has 166 valence electrons. The Bertz CT molecular complexity index is 933. The molecule has 4 nitrogen and oxygen atoms in total. The van der Waals surface area contributed by atoms with Gasteiger partial charge in [0.1, 0.15) is 0 Å². The number of hydrogen-bond donors (Lipinski definition) is 0. The number of anilines is 2. The van der Waals surface area contributed by atoms with Crippen LogP contribution in [0.3, 0.4) is 0 Å². The molecule has 1 saturated carbocycles. The van der Waals surface area contributed by atoms with E-state index in [1.54, 1.807) is 0 Å². The van der Waals surface area contributed by atoms with Gasteiger partial charge in [-0.15, -0.1) is 0 Å². The van der Waals surface area contributed by atoms with Crippen LogP contribution in [0.2, 0.25) is 0 Å². The standard InChI is InChI=1S/C27H37N3O/c1-2-3-15-28-16-8-17-29(19-18-28)24-13-14-25-26-22(24)11-7-12-23(26)27(31)30(25)20-21-9-5-4-6-10-21/h7,11-14,21H,2-6,8-10,15-20H2,1H3. The molecule has 2 heterocycles. The number of rotatable bonds is 6. The maximum absolute atomic E-state index is 13.3. The normalized spacial score (nSPS) is 20.6. The molecule has 4 heteroatoms. The number of carbonyl (C=O) groups excluding carboxylic acids is 1. The lowest BCUT2D eigenvalue weighted by atomic mass is 9.89. The predicted molar refractivity (Wildman–Crippen MR) is 130 cm³/mol. The van der Waals surface area contributed by atoms with Gasteiger partial charge in [0.2, 0.25) is 0 Å². The van der Waals surface area contributed by atoms with Crippen molar-refractivity contribution in [1.82, 2.24) is 4.90 Å². The van der Waals surface area contributed by atoms with Crippen LogP contribution in [0.4, 0.5) is 11.4 Å². The summed E-state index contributed by atoms with van der Waals surface area (Å²) >= 11 is 0. The van der Waals surface area contributed by atoms with Crippen LogP contribution in [0.1, 0.15) is 68.6 Å². The second-order valence-corrected chi connectivity index (χ2v) is 9.79. The zero-order valence-corrected chi connectivity index (χ0v) is 19.1.